The Bertz CT molecular complexity index is 489. The van der Waals surface area contributed by atoms with Gasteiger partial charge >= 0.3 is 0 Å². The van der Waals surface area contributed by atoms with Crippen molar-refractivity contribution in [3.63, 3.8) is 0 Å². The first-order valence-electron chi connectivity index (χ1n) is 5.29. The van der Waals surface area contributed by atoms with Crippen molar-refractivity contribution in [3.8, 4) is 0 Å². The van der Waals surface area contributed by atoms with Crippen LogP contribution in [0.25, 0.3) is 0 Å². The number of ketones is 1. The largest absolute Gasteiger partial charge is 0.293 e. The van der Waals surface area contributed by atoms with Gasteiger partial charge in [0, 0.05) is 10.6 Å². The van der Waals surface area contributed by atoms with Crippen molar-refractivity contribution in [2.24, 2.45) is 5.92 Å². The number of carbonyl (C=O) groups excluding carboxylic acids is 1. The van der Waals surface area contributed by atoms with Crippen molar-refractivity contribution in [3.05, 3.63) is 34.9 Å². The standard InChI is InChI=1S/C12H15ClO3S/c1-9(2)7-17(15,16)8-12(14)10-3-5-11(13)6-4-10/h3-6,9H,7-8H2,1-2H3. The molecule has 0 aromatic heterocycles. The van der Waals surface area contributed by atoms with Crippen LogP contribution in [0.5, 0.6) is 0 Å². The molecule has 1 aromatic rings. The number of halogens is 1. The van der Waals surface area contributed by atoms with Crippen molar-refractivity contribution >= 4 is 27.2 Å². The zero-order chi connectivity index (χ0) is 13.1. The van der Waals surface area contributed by atoms with Crippen molar-refractivity contribution in [2.75, 3.05) is 11.5 Å². The predicted octanol–water partition coefficient (Wildman–Crippen LogP) is 2.59. The Morgan fingerprint density at radius 3 is 2.24 bits per heavy atom. The van der Waals surface area contributed by atoms with Crippen molar-refractivity contribution < 1.29 is 13.2 Å². The van der Waals surface area contributed by atoms with E-state index in [1.807, 2.05) is 13.8 Å². The Morgan fingerprint density at radius 2 is 1.76 bits per heavy atom. The fourth-order valence-corrected chi connectivity index (χ4v) is 3.31. The third-order valence-corrected chi connectivity index (χ3v) is 4.23. The lowest BCUT2D eigenvalue weighted by molar-refractivity contribution is 0.102. The molecule has 0 aliphatic heterocycles. The van der Waals surface area contributed by atoms with Gasteiger partial charge in [-0.1, -0.05) is 25.4 Å². The van der Waals surface area contributed by atoms with E-state index in [0.29, 0.717) is 10.6 Å². The van der Waals surface area contributed by atoms with E-state index in [1.54, 1.807) is 12.1 Å². The molecule has 0 aliphatic carbocycles. The lowest BCUT2D eigenvalue weighted by Gasteiger charge is -2.06. The van der Waals surface area contributed by atoms with Crippen molar-refractivity contribution in [1.29, 1.82) is 0 Å². The molecule has 0 bridgehead atoms. The summed E-state index contributed by atoms with van der Waals surface area (Å²) in [6, 6.07) is 6.22. The quantitative estimate of drug-likeness (QED) is 0.776. The molecule has 1 aromatic carbocycles. The van der Waals surface area contributed by atoms with E-state index in [2.05, 4.69) is 0 Å². The number of rotatable bonds is 5. The Morgan fingerprint density at radius 1 is 1.24 bits per heavy atom. The highest BCUT2D eigenvalue weighted by atomic mass is 35.5. The Kier molecular flexibility index (Phi) is 4.71. The molecule has 5 heteroatoms. The monoisotopic (exact) mass is 274 g/mol. The normalized spacial score (nSPS) is 11.8. The van der Waals surface area contributed by atoms with Gasteiger partial charge in [0.2, 0.25) is 0 Å². The summed E-state index contributed by atoms with van der Waals surface area (Å²) in [5.74, 6) is -0.764. The van der Waals surface area contributed by atoms with E-state index >= 15 is 0 Å². The van der Waals surface area contributed by atoms with Crippen molar-refractivity contribution in [2.45, 2.75) is 13.8 Å². The van der Waals surface area contributed by atoms with Gasteiger partial charge in [0.15, 0.2) is 15.6 Å². The van der Waals surface area contributed by atoms with Crippen LogP contribution in [0.3, 0.4) is 0 Å². The maximum atomic E-state index is 11.7. The zero-order valence-electron chi connectivity index (χ0n) is 9.81. The molecular weight excluding hydrogens is 260 g/mol. The molecule has 0 unspecified atom stereocenters. The van der Waals surface area contributed by atoms with E-state index in [4.69, 9.17) is 11.6 Å². The SMILES string of the molecule is CC(C)CS(=O)(=O)CC(=O)c1ccc(Cl)cc1. The molecule has 0 amide bonds. The highest BCUT2D eigenvalue weighted by Crippen LogP contribution is 2.11. The fraction of sp³-hybridized carbons (Fsp3) is 0.417. The smallest absolute Gasteiger partial charge is 0.177 e. The van der Waals surface area contributed by atoms with Gasteiger partial charge in [-0.2, -0.15) is 0 Å². The van der Waals surface area contributed by atoms with Crippen LogP contribution < -0.4 is 0 Å². The molecule has 17 heavy (non-hydrogen) atoms. The van der Waals surface area contributed by atoms with Crippen LogP contribution in [0.1, 0.15) is 24.2 Å². The molecule has 94 valence electrons. The summed E-state index contributed by atoms with van der Waals surface area (Å²) in [6.07, 6.45) is 0. The van der Waals surface area contributed by atoms with Crippen LogP contribution in [0.15, 0.2) is 24.3 Å². The molecule has 0 radical (unpaired) electrons. The highest BCUT2D eigenvalue weighted by molar-refractivity contribution is 7.92. The minimum absolute atomic E-state index is 0.0259. The number of hydrogen-bond acceptors (Lipinski definition) is 3. The molecule has 0 N–H and O–H groups in total. The summed E-state index contributed by atoms with van der Waals surface area (Å²) >= 11 is 5.69. The van der Waals surface area contributed by atoms with Gasteiger partial charge < -0.3 is 0 Å². The van der Waals surface area contributed by atoms with Gasteiger partial charge in [-0.15, -0.1) is 0 Å². The molecule has 0 spiro atoms. The molecule has 3 nitrogen and oxygen atoms in total. The van der Waals surface area contributed by atoms with E-state index in [9.17, 15) is 13.2 Å². The maximum absolute atomic E-state index is 11.7. The molecule has 0 saturated heterocycles. The number of hydrogen-bond donors (Lipinski definition) is 0. The second-order valence-corrected chi connectivity index (χ2v) is 6.92. The summed E-state index contributed by atoms with van der Waals surface area (Å²) in [4.78, 5) is 11.7. The molecular formula is C12H15ClO3S. The van der Waals surface area contributed by atoms with Crippen molar-refractivity contribution in [1.82, 2.24) is 0 Å². The average molecular weight is 275 g/mol. The zero-order valence-corrected chi connectivity index (χ0v) is 11.4. The van der Waals surface area contributed by atoms with Gasteiger partial charge in [-0.3, -0.25) is 4.79 Å². The summed E-state index contributed by atoms with van der Waals surface area (Å²) in [6.45, 7) is 3.62. The van der Waals surface area contributed by atoms with Gasteiger partial charge in [-0.25, -0.2) is 8.42 Å². The van der Waals surface area contributed by atoms with Gasteiger partial charge in [0.05, 0.1) is 5.75 Å². The number of carbonyl (C=O) groups is 1. The second-order valence-electron chi connectivity index (χ2n) is 4.38. The van der Waals surface area contributed by atoms with Gasteiger partial charge in [0.1, 0.15) is 5.75 Å². The molecule has 0 aliphatic rings. The molecule has 0 saturated carbocycles. The van der Waals surface area contributed by atoms with Gasteiger partial charge in [0.25, 0.3) is 0 Å². The van der Waals surface area contributed by atoms with Crippen LogP contribution in [-0.4, -0.2) is 25.7 Å². The molecule has 0 atom stereocenters. The van der Waals surface area contributed by atoms with Gasteiger partial charge in [-0.05, 0) is 30.2 Å². The third kappa shape index (κ3) is 4.88. The number of Topliss-reactive ketones (excluding diaryl/α,β-unsaturated/α-hetero) is 1. The molecule has 0 heterocycles. The summed E-state index contributed by atoms with van der Waals surface area (Å²) in [7, 11) is -3.32. The van der Waals surface area contributed by atoms with E-state index in [-0.39, 0.29) is 17.5 Å². The second kappa shape index (κ2) is 5.65. The average Bonchev–Trinajstić information content (AvgIpc) is 2.15. The Labute approximate surface area is 107 Å². The van der Waals surface area contributed by atoms with Crippen LogP contribution in [0, 0.1) is 5.92 Å². The van der Waals surface area contributed by atoms with E-state index in [1.165, 1.54) is 12.1 Å². The lowest BCUT2D eigenvalue weighted by Crippen LogP contribution is -2.21. The predicted molar refractivity (Wildman–Crippen MR) is 69.3 cm³/mol. The fourth-order valence-electron chi connectivity index (χ4n) is 1.49. The first-order valence-corrected chi connectivity index (χ1v) is 7.49. The number of sulfone groups is 1. The third-order valence-electron chi connectivity index (χ3n) is 2.10. The first kappa shape index (κ1) is 14.2. The maximum Gasteiger partial charge on any atom is 0.177 e. The van der Waals surface area contributed by atoms with Crippen LogP contribution in [0.4, 0.5) is 0 Å². The molecule has 1 rings (SSSR count). The first-order chi connectivity index (χ1) is 7.80. The lowest BCUT2D eigenvalue weighted by atomic mass is 10.1. The summed E-state index contributed by atoms with van der Waals surface area (Å²) < 4.78 is 23.3. The topological polar surface area (TPSA) is 51.2 Å². The van der Waals surface area contributed by atoms with Crippen LogP contribution in [0.2, 0.25) is 5.02 Å². The van der Waals surface area contributed by atoms with Crippen LogP contribution >= 0.6 is 11.6 Å². The minimum Gasteiger partial charge on any atom is -0.293 e. The van der Waals surface area contributed by atoms with E-state index in [0.717, 1.165) is 0 Å². The summed E-state index contributed by atoms with van der Waals surface area (Å²) in [5.41, 5.74) is 0.377. The summed E-state index contributed by atoms with van der Waals surface area (Å²) in [5, 5.41) is 0.520. The molecule has 0 fully saturated rings. The minimum atomic E-state index is -3.32. The Balaban J connectivity index is 2.76. The van der Waals surface area contributed by atoms with Crippen LogP contribution in [-0.2, 0) is 9.84 Å². The highest BCUT2D eigenvalue weighted by Gasteiger charge is 2.19. The van der Waals surface area contributed by atoms with E-state index < -0.39 is 15.6 Å². The number of benzene rings is 1. The Hall–Kier alpha value is -0.870.